The zero-order valence-electron chi connectivity index (χ0n) is 21.0. The Morgan fingerprint density at radius 2 is 1.47 bits per heavy atom. The van der Waals surface area contributed by atoms with Crippen molar-refractivity contribution in [1.29, 1.82) is 0 Å². The Kier molecular flexibility index (Phi) is 9.00. The molecular weight excluding hydrogens is 422 g/mol. The van der Waals surface area contributed by atoms with Crippen LogP contribution >= 0.6 is 0 Å². The third kappa shape index (κ3) is 7.31. The molecule has 2 fully saturated rings. The predicted octanol–water partition coefficient (Wildman–Crippen LogP) is 4.85. The molecule has 1 amide bonds. The van der Waals surface area contributed by atoms with Crippen LogP contribution in [0.1, 0.15) is 56.2 Å². The first-order valence-electron chi connectivity index (χ1n) is 13.1. The van der Waals surface area contributed by atoms with E-state index >= 15 is 0 Å². The van der Waals surface area contributed by atoms with Crippen molar-refractivity contribution in [3.8, 4) is 5.75 Å². The van der Waals surface area contributed by atoms with Crippen molar-refractivity contribution in [3.05, 3.63) is 65.2 Å². The zero-order valence-corrected chi connectivity index (χ0v) is 21.0. The summed E-state index contributed by atoms with van der Waals surface area (Å²) in [7, 11) is 0. The van der Waals surface area contributed by atoms with Gasteiger partial charge in [-0.15, -0.1) is 0 Å². The van der Waals surface area contributed by atoms with E-state index in [0.29, 0.717) is 13.2 Å². The van der Waals surface area contributed by atoms with Crippen LogP contribution in [0.3, 0.4) is 0 Å². The highest BCUT2D eigenvalue weighted by Crippen LogP contribution is 2.22. The van der Waals surface area contributed by atoms with Gasteiger partial charge in [-0.3, -0.25) is 14.6 Å². The summed E-state index contributed by atoms with van der Waals surface area (Å²) in [5.74, 6) is 2.11. The summed E-state index contributed by atoms with van der Waals surface area (Å²) in [6.45, 7) is 11.9. The smallest absolute Gasteiger partial charge is 0.223 e. The van der Waals surface area contributed by atoms with Crippen LogP contribution in [0.2, 0.25) is 0 Å². The van der Waals surface area contributed by atoms with Crippen molar-refractivity contribution >= 4 is 5.91 Å². The Morgan fingerprint density at radius 3 is 2.15 bits per heavy atom. The molecule has 0 bridgehead atoms. The molecule has 0 aromatic heterocycles. The molecule has 4 rings (SSSR count). The Labute approximate surface area is 205 Å². The highest BCUT2D eigenvalue weighted by atomic mass is 16.5. The van der Waals surface area contributed by atoms with E-state index in [9.17, 15) is 4.79 Å². The third-order valence-electron chi connectivity index (χ3n) is 7.31. The van der Waals surface area contributed by atoms with Crippen molar-refractivity contribution in [3.63, 3.8) is 0 Å². The normalized spacial score (nSPS) is 18.6. The molecule has 34 heavy (non-hydrogen) atoms. The summed E-state index contributed by atoms with van der Waals surface area (Å²) in [5, 5.41) is 3.20. The van der Waals surface area contributed by atoms with Gasteiger partial charge in [0.2, 0.25) is 5.91 Å². The van der Waals surface area contributed by atoms with E-state index in [1.807, 2.05) is 13.0 Å². The van der Waals surface area contributed by atoms with Gasteiger partial charge in [0.15, 0.2) is 0 Å². The molecule has 2 aliphatic rings. The molecule has 0 aliphatic carbocycles. The first kappa shape index (κ1) is 24.7. The Morgan fingerprint density at radius 1 is 0.882 bits per heavy atom. The fourth-order valence-corrected chi connectivity index (χ4v) is 5.16. The van der Waals surface area contributed by atoms with E-state index in [1.54, 1.807) is 0 Å². The molecule has 0 radical (unpaired) electrons. The first-order valence-corrected chi connectivity index (χ1v) is 13.1. The molecule has 2 aromatic rings. The molecule has 0 atom stereocenters. The molecular formula is C29H41N3O2. The van der Waals surface area contributed by atoms with Crippen LogP contribution in [0.4, 0.5) is 0 Å². The zero-order chi connectivity index (χ0) is 23.8. The number of nitrogens with one attached hydrogen (secondary N) is 1. The molecule has 2 saturated heterocycles. The largest absolute Gasteiger partial charge is 0.494 e. The summed E-state index contributed by atoms with van der Waals surface area (Å²) in [4.78, 5) is 17.8. The average molecular weight is 464 g/mol. The number of amides is 1. The second-order valence-electron chi connectivity index (χ2n) is 10.1. The maximum absolute atomic E-state index is 12.8. The Bertz CT molecular complexity index is 915. The Hall–Kier alpha value is -2.37. The molecule has 2 aromatic carbocycles. The summed E-state index contributed by atoms with van der Waals surface area (Å²) in [6.07, 6.45) is 4.44. The van der Waals surface area contributed by atoms with Crippen LogP contribution in [0.15, 0.2) is 48.5 Å². The van der Waals surface area contributed by atoms with Crippen molar-refractivity contribution < 1.29 is 9.53 Å². The van der Waals surface area contributed by atoms with Gasteiger partial charge in [-0.25, -0.2) is 0 Å². The first-order chi connectivity index (χ1) is 16.6. The van der Waals surface area contributed by atoms with Crippen LogP contribution in [-0.2, 0) is 24.4 Å². The summed E-state index contributed by atoms with van der Waals surface area (Å²) < 4.78 is 5.62. The van der Waals surface area contributed by atoms with E-state index in [1.165, 1.54) is 42.6 Å². The number of benzene rings is 2. The lowest BCUT2D eigenvalue weighted by Gasteiger charge is -2.31. The second kappa shape index (κ2) is 12.4. The van der Waals surface area contributed by atoms with Gasteiger partial charge >= 0.3 is 0 Å². The molecule has 5 nitrogen and oxygen atoms in total. The Balaban J connectivity index is 1.20. The summed E-state index contributed by atoms with van der Waals surface area (Å²) >= 11 is 0. The van der Waals surface area contributed by atoms with Crippen molar-refractivity contribution in [2.24, 2.45) is 11.8 Å². The molecule has 0 spiro atoms. The summed E-state index contributed by atoms with van der Waals surface area (Å²) in [6, 6.07) is 17.1. The maximum Gasteiger partial charge on any atom is 0.223 e. The molecule has 0 saturated carbocycles. The van der Waals surface area contributed by atoms with Gasteiger partial charge in [0, 0.05) is 25.6 Å². The number of hydrogen-bond donors (Lipinski definition) is 1. The molecule has 184 valence electrons. The van der Waals surface area contributed by atoms with Crippen molar-refractivity contribution in [1.82, 2.24) is 15.1 Å². The van der Waals surface area contributed by atoms with Crippen LogP contribution < -0.4 is 10.1 Å². The third-order valence-corrected chi connectivity index (χ3v) is 7.31. The quantitative estimate of drug-likeness (QED) is 0.578. The van der Waals surface area contributed by atoms with Crippen molar-refractivity contribution in [2.45, 2.75) is 59.2 Å². The van der Waals surface area contributed by atoms with Gasteiger partial charge in [0.25, 0.3) is 0 Å². The number of ether oxygens (including phenoxy) is 1. The number of rotatable bonds is 9. The SMILES string of the molecule is CCOc1cccc(CN2CCC(C(=O)NCc3cccc(CN4CCC(C)CC4)c3)CC2)c1. The molecule has 5 heteroatoms. The lowest BCUT2D eigenvalue weighted by molar-refractivity contribution is -0.126. The van der Waals surface area contributed by atoms with E-state index < -0.39 is 0 Å². The molecule has 2 heterocycles. The van der Waals surface area contributed by atoms with Crippen molar-refractivity contribution in [2.75, 3.05) is 32.8 Å². The lowest BCUT2D eigenvalue weighted by atomic mass is 9.95. The number of carbonyl (C=O) groups excluding carboxylic acids is 1. The fourth-order valence-electron chi connectivity index (χ4n) is 5.16. The van der Waals surface area contributed by atoms with Crippen LogP contribution in [0.5, 0.6) is 5.75 Å². The number of carbonyl (C=O) groups is 1. The minimum atomic E-state index is 0.115. The average Bonchev–Trinajstić information content (AvgIpc) is 2.85. The summed E-state index contributed by atoms with van der Waals surface area (Å²) in [5.41, 5.74) is 3.82. The van der Waals surface area contributed by atoms with Gasteiger partial charge < -0.3 is 10.1 Å². The van der Waals surface area contributed by atoms with Crippen LogP contribution in [0, 0.1) is 11.8 Å². The molecule has 1 N–H and O–H groups in total. The van der Waals surface area contributed by atoms with E-state index in [-0.39, 0.29) is 11.8 Å². The standard InChI is InChI=1S/C29H41N3O2/c1-3-34-28-9-5-8-26(19-28)22-32-16-12-27(13-17-32)29(33)30-20-24-6-4-7-25(18-24)21-31-14-10-23(2)11-15-31/h4-9,18-19,23,27H,3,10-17,20-22H2,1-2H3,(H,30,33). The number of likely N-dealkylation sites (tertiary alicyclic amines) is 2. The maximum atomic E-state index is 12.8. The molecule has 2 aliphatic heterocycles. The van der Waals surface area contributed by atoms with Crippen LogP contribution in [-0.4, -0.2) is 48.5 Å². The van der Waals surface area contributed by atoms with Gasteiger partial charge in [-0.1, -0.05) is 43.3 Å². The van der Waals surface area contributed by atoms with E-state index in [2.05, 4.69) is 64.5 Å². The lowest BCUT2D eigenvalue weighted by Crippen LogP contribution is -2.40. The number of hydrogen-bond acceptors (Lipinski definition) is 4. The van der Waals surface area contributed by atoms with E-state index in [4.69, 9.17) is 4.74 Å². The van der Waals surface area contributed by atoms with Gasteiger partial charge in [-0.2, -0.15) is 0 Å². The molecule has 0 unspecified atom stereocenters. The van der Waals surface area contributed by atoms with E-state index in [0.717, 1.165) is 50.7 Å². The minimum absolute atomic E-state index is 0.115. The minimum Gasteiger partial charge on any atom is -0.494 e. The monoisotopic (exact) mass is 463 g/mol. The highest BCUT2D eigenvalue weighted by Gasteiger charge is 2.25. The van der Waals surface area contributed by atoms with Gasteiger partial charge in [-0.05, 0) is 93.5 Å². The second-order valence-corrected chi connectivity index (χ2v) is 10.1. The van der Waals surface area contributed by atoms with Gasteiger partial charge in [0.05, 0.1) is 6.61 Å². The predicted molar refractivity (Wildman–Crippen MR) is 138 cm³/mol. The topological polar surface area (TPSA) is 44.8 Å². The highest BCUT2D eigenvalue weighted by molar-refractivity contribution is 5.78. The van der Waals surface area contributed by atoms with Crippen LogP contribution in [0.25, 0.3) is 0 Å². The number of nitrogens with zero attached hydrogens (tertiary/aromatic N) is 2. The van der Waals surface area contributed by atoms with Gasteiger partial charge in [0.1, 0.15) is 5.75 Å². The number of piperidine rings is 2. The fraction of sp³-hybridized carbons (Fsp3) is 0.552.